The van der Waals surface area contributed by atoms with Crippen molar-refractivity contribution in [3.8, 4) is 5.75 Å². The van der Waals surface area contributed by atoms with Crippen LogP contribution in [0, 0.1) is 0 Å². The highest BCUT2D eigenvalue weighted by atomic mass is 17.1. The number of carbonyl (C=O) groups is 3. The van der Waals surface area contributed by atoms with Gasteiger partial charge < -0.3 is 9.47 Å². The van der Waals surface area contributed by atoms with Crippen LogP contribution >= 0.6 is 0 Å². The van der Waals surface area contributed by atoms with Gasteiger partial charge in [0, 0.05) is 11.3 Å². The van der Waals surface area contributed by atoms with Crippen molar-refractivity contribution in [1.29, 1.82) is 0 Å². The third kappa shape index (κ3) is 3.56. The predicted octanol–water partition coefficient (Wildman–Crippen LogP) is 2.90. The molecule has 1 unspecified atom stereocenters. The van der Waals surface area contributed by atoms with Gasteiger partial charge in [-0.3, -0.25) is 14.7 Å². The average molecular weight is 369 g/mol. The number of methoxy groups -OCH3 is 1. The van der Waals surface area contributed by atoms with E-state index in [1.54, 1.807) is 31.2 Å². The van der Waals surface area contributed by atoms with Crippen LogP contribution in [-0.4, -0.2) is 36.0 Å². The lowest BCUT2D eigenvalue weighted by atomic mass is 9.94. The zero-order valence-electron chi connectivity index (χ0n) is 14.5. The molecule has 0 aromatic heterocycles. The number of ether oxygens (including phenoxy) is 2. The minimum atomic E-state index is -0.883. The van der Waals surface area contributed by atoms with E-state index in [0.717, 1.165) is 0 Å². The van der Waals surface area contributed by atoms with E-state index < -0.39 is 23.8 Å². The number of nitrogens with zero attached hydrogens (tertiary/aromatic N) is 1. The molecule has 0 saturated carbocycles. The van der Waals surface area contributed by atoms with Crippen LogP contribution < -0.4 is 4.74 Å². The molecule has 1 heterocycles. The van der Waals surface area contributed by atoms with Gasteiger partial charge in [0.25, 0.3) is 0 Å². The Hall–Kier alpha value is -3.52. The predicted molar refractivity (Wildman–Crippen MR) is 93.4 cm³/mol. The van der Waals surface area contributed by atoms with Crippen molar-refractivity contribution in [2.45, 2.75) is 12.8 Å². The zero-order valence-corrected chi connectivity index (χ0v) is 14.5. The van der Waals surface area contributed by atoms with Crippen LogP contribution in [0.5, 0.6) is 5.75 Å². The van der Waals surface area contributed by atoms with Gasteiger partial charge in [-0.2, -0.15) is 5.26 Å². The maximum atomic E-state index is 12.3. The highest BCUT2D eigenvalue weighted by Crippen LogP contribution is 2.37. The van der Waals surface area contributed by atoms with E-state index in [9.17, 15) is 14.4 Å². The van der Waals surface area contributed by atoms with E-state index in [-0.39, 0.29) is 5.56 Å². The quantitative estimate of drug-likeness (QED) is 0.290. The molecule has 1 N–H and O–H groups in total. The van der Waals surface area contributed by atoms with Gasteiger partial charge in [-0.25, -0.2) is 9.59 Å². The minimum Gasteiger partial charge on any atom is -0.465 e. The lowest BCUT2D eigenvalue weighted by molar-refractivity contribution is -0.182. The molecule has 0 aliphatic carbocycles. The van der Waals surface area contributed by atoms with Crippen LogP contribution in [0.3, 0.4) is 0 Å². The summed E-state index contributed by atoms with van der Waals surface area (Å²) >= 11 is 0. The highest BCUT2D eigenvalue weighted by Gasteiger charge is 2.36. The largest absolute Gasteiger partial charge is 0.465 e. The van der Waals surface area contributed by atoms with Crippen LogP contribution in [0.25, 0.3) is 0 Å². The van der Waals surface area contributed by atoms with Crippen LogP contribution in [0.15, 0.2) is 47.5 Å². The van der Waals surface area contributed by atoms with Crippen LogP contribution in [0.1, 0.15) is 39.1 Å². The molecule has 27 heavy (non-hydrogen) atoms. The maximum absolute atomic E-state index is 12.3. The van der Waals surface area contributed by atoms with Gasteiger partial charge in [-0.1, -0.05) is 0 Å². The molecule has 0 amide bonds. The number of rotatable bonds is 4. The van der Waals surface area contributed by atoms with E-state index in [2.05, 4.69) is 9.88 Å². The Morgan fingerprint density at radius 3 is 2.37 bits per heavy atom. The van der Waals surface area contributed by atoms with Gasteiger partial charge >= 0.3 is 17.9 Å². The number of fused-ring (bicyclic) bond motifs is 1. The zero-order chi connectivity index (χ0) is 19.6. The van der Waals surface area contributed by atoms with Gasteiger partial charge in [0.15, 0.2) is 0 Å². The highest BCUT2D eigenvalue weighted by molar-refractivity contribution is 6.10. The smallest absolute Gasteiger partial charge is 0.372 e. The molecule has 138 valence electrons. The Kier molecular flexibility index (Phi) is 5.00. The topological polar surface area (TPSA) is 111 Å². The first-order valence-corrected chi connectivity index (χ1v) is 7.89. The van der Waals surface area contributed by atoms with Crippen molar-refractivity contribution < 1.29 is 34.0 Å². The van der Waals surface area contributed by atoms with E-state index in [1.165, 1.54) is 25.3 Å². The van der Waals surface area contributed by atoms with Crippen molar-refractivity contribution in [3.05, 3.63) is 59.2 Å². The normalized spacial score (nSPS) is 15.7. The molecule has 1 atom stereocenters. The first kappa shape index (κ1) is 18.3. The SMILES string of the molecule is COC(=O)c1ccc2c(c1)C(C(C)=Nc1ccc(C(=O)OO)cc1)C(=O)O2. The molecule has 2 aromatic rings. The summed E-state index contributed by atoms with van der Waals surface area (Å²) in [7, 11) is 1.28. The van der Waals surface area contributed by atoms with Gasteiger partial charge in [0.05, 0.1) is 23.9 Å². The van der Waals surface area contributed by atoms with Crippen molar-refractivity contribution in [2.75, 3.05) is 7.11 Å². The Balaban J connectivity index is 1.92. The fourth-order valence-electron chi connectivity index (χ4n) is 2.79. The summed E-state index contributed by atoms with van der Waals surface area (Å²) in [5, 5.41) is 8.39. The minimum absolute atomic E-state index is 0.155. The standard InChI is InChI=1S/C19H15NO7/c1-10(20-13-6-3-11(4-7-13)18(22)27-24)16-14-9-12(17(21)25-2)5-8-15(14)26-19(16)23/h3-9,16,24H,1-2H3. The summed E-state index contributed by atoms with van der Waals surface area (Å²) in [5.74, 6) is -2.28. The van der Waals surface area contributed by atoms with E-state index in [4.69, 9.17) is 14.7 Å². The molecular weight excluding hydrogens is 354 g/mol. The van der Waals surface area contributed by atoms with Crippen molar-refractivity contribution in [3.63, 3.8) is 0 Å². The van der Waals surface area contributed by atoms with Gasteiger partial charge in [-0.05, 0) is 49.4 Å². The third-order valence-corrected chi connectivity index (χ3v) is 4.10. The van der Waals surface area contributed by atoms with Crippen molar-refractivity contribution >= 4 is 29.3 Å². The number of benzene rings is 2. The molecule has 0 bridgehead atoms. The van der Waals surface area contributed by atoms with E-state index >= 15 is 0 Å². The Labute approximate surface area is 153 Å². The molecule has 0 fully saturated rings. The molecule has 1 aliphatic heterocycles. The summed E-state index contributed by atoms with van der Waals surface area (Å²) in [4.78, 5) is 43.3. The second-order valence-electron chi connectivity index (χ2n) is 5.78. The summed E-state index contributed by atoms with van der Waals surface area (Å²) in [5.41, 5.74) is 1.94. The second-order valence-corrected chi connectivity index (χ2v) is 5.78. The fourth-order valence-corrected chi connectivity index (χ4v) is 2.79. The lowest BCUT2D eigenvalue weighted by Crippen LogP contribution is -2.17. The number of hydrogen-bond acceptors (Lipinski definition) is 8. The fraction of sp³-hybridized carbons (Fsp3) is 0.158. The van der Waals surface area contributed by atoms with E-state index in [1.807, 2.05) is 0 Å². The number of aliphatic imine (C=N–C) groups is 1. The molecule has 2 aromatic carbocycles. The second kappa shape index (κ2) is 7.38. The lowest BCUT2D eigenvalue weighted by Gasteiger charge is -2.08. The summed E-state index contributed by atoms with van der Waals surface area (Å²) in [6.07, 6.45) is 0. The molecule has 0 radical (unpaired) electrons. The average Bonchev–Trinajstić information content (AvgIpc) is 3.02. The first-order valence-electron chi connectivity index (χ1n) is 7.89. The van der Waals surface area contributed by atoms with Gasteiger partial charge in [0.2, 0.25) is 0 Å². The molecule has 8 nitrogen and oxygen atoms in total. The van der Waals surface area contributed by atoms with Crippen molar-refractivity contribution in [1.82, 2.24) is 0 Å². The molecule has 0 spiro atoms. The van der Waals surface area contributed by atoms with Crippen molar-refractivity contribution in [2.24, 2.45) is 4.99 Å². The van der Waals surface area contributed by atoms with Crippen LogP contribution in [0.2, 0.25) is 0 Å². The third-order valence-electron chi connectivity index (χ3n) is 4.10. The molecule has 3 rings (SSSR count). The van der Waals surface area contributed by atoms with Crippen LogP contribution in [0.4, 0.5) is 5.69 Å². The van der Waals surface area contributed by atoms with Gasteiger partial charge in [0.1, 0.15) is 11.7 Å². The monoisotopic (exact) mass is 369 g/mol. The summed E-state index contributed by atoms with van der Waals surface area (Å²) < 4.78 is 9.95. The first-order chi connectivity index (χ1) is 12.9. The maximum Gasteiger partial charge on any atom is 0.372 e. The summed E-state index contributed by atoms with van der Waals surface area (Å²) in [6.45, 7) is 1.67. The molecule has 0 saturated heterocycles. The Bertz CT molecular complexity index is 947. The van der Waals surface area contributed by atoms with Gasteiger partial charge in [-0.15, -0.1) is 0 Å². The van der Waals surface area contributed by atoms with Crippen LogP contribution in [-0.2, 0) is 14.4 Å². The number of hydrogen-bond donors (Lipinski definition) is 1. The molecular formula is C19H15NO7. The number of carbonyl (C=O) groups excluding carboxylic acids is 3. The Morgan fingerprint density at radius 2 is 1.74 bits per heavy atom. The number of esters is 2. The Morgan fingerprint density at radius 1 is 1.07 bits per heavy atom. The molecule has 8 heteroatoms. The van der Waals surface area contributed by atoms with E-state index in [0.29, 0.717) is 28.3 Å². The summed E-state index contributed by atoms with van der Waals surface area (Å²) in [6, 6.07) is 10.6. The molecule has 1 aliphatic rings.